The molecule has 2 rings (SSSR count). The van der Waals surface area contributed by atoms with Gasteiger partial charge in [-0.1, -0.05) is 29.8 Å². The van der Waals surface area contributed by atoms with E-state index in [2.05, 4.69) is 5.16 Å². The normalized spacial score (nSPS) is 11.0. The molecule has 0 atom stereocenters. The fourth-order valence-electron chi connectivity index (χ4n) is 1.93. The van der Waals surface area contributed by atoms with Gasteiger partial charge in [-0.3, -0.25) is 0 Å². The molecule has 0 aromatic heterocycles. The van der Waals surface area contributed by atoms with E-state index in [1.165, 1.54) is 18.3 Å². The van der Waals surface area contributed by atoms with Crippen LogP contribution in [0.1, 0.15) is 17.5 Å². The maximum atomic E-state index is 13.1. The molecule has 0 aliphatic heterocycles. The number of hydrogen-bond donors (Lipinski definition) is 1. The molecule has 0 fully saturated rings. The van der Waals surface area contributed by atoms with Crippen molar-refractivity contribution >= 4 is 17.8 Å². The molecule has 110 valence electrons. The predicted octanol–water partition coefficient (Wildman–Crippen LogP) is 4.30. The first-order valence-electron chi connectivity index (χ1n) is 6.50. The Morgan fingerprint density at radius 3 is 2.71 bits per heavy atom. The number of hydrogen-bond acceptors (Lipinski definition) is 3. The smallest absolute Gasteiger partial charge is 0.137 e. The van der Waals surface area contributed by atoms with Crippen LogP contribution in [0, 0.1) is 5.82 Å². The van der Waals surface area contributed by atoms with Crippen LogP contribution >= 0.6 is 11.6 Å². The Hall–Kier alpha value is -2.07. The third kappa shape index (κ3) is 4.76. The molecule has 21 heavy (non-hydrogen) atoms. The van der Waals surface area contributed by atoms with E-state index in [4.69, 9.17) is 21.5 Å². The van der Waals surface area contributed by atoms with Gasteiger partial charge in [0.05, 0.1) is 11.6 Å². The lowest BCUT2D eigenvalue weighted by atomic mass is 10.0. The largest absolute Gasteiger partial charge is 0.492 e. The van der Waals surface area contributed by atoms with Gasteiger partial charge in [0.1, 0.15) is 11.6 Å². The van der Waals surface area contributed by atoms with E-state index in [-0.39, 0.29) is 5.82 Å². The second-order valence-corrected chi connectivity index (χ2v) is 4.91. The average Bonchev–Trinajstić information content (AvgIpc) is 2.45. The zero-order valence-electron chi connectivity index (χ0n) is 11.3. The second kappa shape index (κ2) is 7.64. The Balaban J connectivity index is 2.01. The summed E-state index contributed by atoms with van der Waals surface area (Å²) in [5.74, 6) is 0.329. The van der Waals surface area contributed by atoms with Crippen molar-refractivity contribution in [3.05, 3.63) is 64.4 Å². The summed E-state index contributed by atoms with van der Waals surface area (Å²) in [6, 6.07) is 12.0. The maximum Gasteiger partial charge on any atom is 0.137 e. The fourth-order valence-corrected chi connectivity index (χ4v) is 2.19. The molecule has 1 N–H and O–H groups in total. The number of halogens is 2. The molecule has 0 spiro atoms. The van der Waals surface area contributed by atoms with Crippen molar-refractivity contribution < 1.29 is 14.3 Å². The molecule has 0 aliphatic rings. The van der Waals surface area contributed by atoms with Crippen molar-refractivity contribution in [2.45, 2.75) is 12.8 Å². The van der Waals surface area contributed by atoms with Crippen LogP contribution in [0.2, 0.25) is 5.02 Å². The first-order valence-corrected chi connectivity index (χ1v) is 6.88. The van der Waals surface area contributed by atoms with E-state index in [9.17, 15) is 4.39 Å². The topological polar surface area (TPSA) is 41.8 Å². The molecule has 2 aromatic rings. The SMILES string of the molecule is ON=CCCOc1ccc(Cc2cccc(F)c2)cc1Cl. The molecule has 0 heterocycles. The van der Waals surface area contributed by atoms with Gasteiger partial charge in [0.25, 0.3) is 0 Å². The van der Waals surface area contributed by atoms with Gasteiger partial charge >= 0.3 is 0 Å². The fraction of sp³-hybridized carbons (Fsp3) is 0.188. The van der Waals surface area contributed by atoms with Crippen molar-refractivity contribution in [3.63, 3.8) is 0 Å². The number of nitrogens with zero attached hydrogens (tertiary/aromatic N) is 1. The zero-order chi connectivity index (χ0) is 15.1. The maximum absolute atomic E-state index is 13.1. The van der Waals surface area contributed by atoms with Gasteiger partial charge in [-0.2, -0.15) is 0 Å². The van der Waals surface area contributed by atoms with Crippen LogP contribution in [0.5, 0.6) is 5.75 Å². The van der Waals surface area contributed by atoms with Crippen molar-refractivity contribution in [1.29, 1.82) is 0 Å². The predicted molar refractivity (Wildman–Crippen MR) is 81.0 cm³/mol. The van der Waals surface area contributed by atoms with E-state index >= 15 is 0 Å². The molecular weight excluding hydrogens is 293 g/mol. The number of oxime groups is 1. The quantitative estimate of drug-likeness (QED) is 0.374. The Morgan fingerprint density at radius 1 is 1.19 bits per heavy atom. The van der Waals surface area contributed by atoms with Crippen LogP contribution in [0.4, 0.5) is 4.39 Å². The summed E-state index contributed by atoms with van der Waals surface area (Å²) in [7, 11) is 0. The molecule has 0 saturated heterocycles. The van der Waals surface area contributed by atoms with Gasteiger partial charge < -0.3 is 9.94 Å². The van der Waals surface area contributed by atoms with Gasteiger partial charge in [-0.25, -0.2) is 4.39 Å². The van der Waals surface area contributed by atoms with Crippen molar-refractivity contribution in [2.75, 3.05) is 6.61 Å². The first-order chi connectivity index (χ1) is 10.2. The number of rotatable bonds is 6. The molecule has 2 aromatic carbocycles. The van der Waals surface area contributed by atoms with Gasteiger partial charge in [0, 0.05) is 12.6 Å². The lowest BCUT2D eigenvalue weighted by molar-refractivity contribution is 0.310. The third-order valence-electron chi connectivity index (χ3n) is 2.88. The summed E-state index contributed by atoms with van der Waals surface area (Å²) < 4.78 is 18.6. The van der Waals surface area contributed by atoms with Crippen molar-refractivity contribution in [2.24, 2.45) is 5.16 Å². The highest BCUT2D eigenvalue weighted by atomic mass is 35.5. The molecule has 0 bridgehead atoms. The van der Waals surface area contributed by atoms with Gasteiger partial charge in [0.2, 0.25) is 0 Å². The summed E-state index contributed by atoms with van der Waals surface area (Å²) >= 11 is 6.16. The lowest BCUT2D eigenvalue weighted by Gasteiger charge is -2.09. The highest BCUT2D eigenvalue weighted by Crippen LogP contribution is 2.26. The van der Waals surface area contributed by atoms with E-state index < -0.39 is 0 Å². The number of benzene rings is 2. The van der Waals surface area contributed by atoms with E-state index in [1.54, 1.807) is 12.1 Å². The highest BCUT2D eigenvalue weighted by Gasteiger charge is 2.04. The van der Waals surface area contributed by atoms with Crippen molar-refractivity contribution in [3.8, 4) is 5.75 Å². The van der Waals surface area contributed by atoms with E-state index in [1.807, 2.05) is 18.2 Å². The summed E-state index contributed by atoms with van der Waals surface area (Å²) in [6.45, 7) is 0.382. The van der Waals surface area contributed by atoms with Crippen molar-refractivity contribution in [1.82, 2.24) is 0 Å². The highest BCUT2D eigenvalue weighted by molar-refractivity contribution is 6.32. The Kier molecular flexibility index (Phi) is 5.58. The van der Waals surface area contributed by atoms with Crippen LogP contribution in [0.3, 0.4) is 0 Å². The summed E-state index contributed by atoms with van der Waals surface area (Å²) in [5, 5.41) is 11.7. The Labute approximate surface area is 127 Å². The van der Waals surface area contributed by atoms with Crippen LogP contribution in [-0.2, 0) is 6.42 Å². The summed E-state index contributed by atoms with van der Waals surface area (Å²) in [4.78, 5) is 0. The van der Waals surface area contributed by atoms with Gasteiger partial charge in [-0.15, -0.1) is 5.16 Å². The molecular formula is C16H15ClFNO2. The average molecular weight is 308 g/mol. The van der Waals surface area contributed by atoms with Crippen LogP contribution in [0.15, 0.2) is 47.6 Å². The third-order valence-corrected chi connectivity index (χ3v) is 3.18. The van der Waals surface area contributed by atoms with Crippen LogP contribution in [-0.4, -0.2) is 18.0 Å². The second-order valence-electron chi connectivity index (χ2n) is 4.51. The molecule has 0 radical (unpaired) electrons. The molecule has 3 nitrogen and oxygen atoms in total. The van der Waals surface area contributed by atoms with Crippen LogP contribution < -0.4 is 4.74 Å². The minimum Gasteiger partial charge on any atom is -0.492 e. The molecule has 0 amide bonds. The van der Waals surface area contributed by atoms with Gasteiger partial charge in [-0.05, 0) is 41.8 Å². The first kappa shape index (κ1) is 15.3. The minimum atomic E-state index is -0.246. The molecule has 0 aliphatic carbocycles. The van der Waals surface area contributed by atoms with E-state index in [0.717, 1.165) is 11.1 Å². The summed E-state index contributed by atoms with van der Waals surface area (Å²) in [6.07, 6.45) is 2.46. The molecule has 0 saturated carbocycles. The Bertz CT molecular complexity index is 631. The number of ether oxygens (including phenoxy) is 1. The summed E-state index contributed by atoms with van der Waals surface area (Å²) in [5.41, 5.74) is 1.87. The molecule has 0 unspecified atom stereocenters. The van der Waals surface area contributed by atoms with E-state index in [0.29, 0.717) is 30.2 Å². The minimum absolute atomic E-state index is 0.246. The molecule has 5 heteroatoms. The Morgan fingerprint density at radius 2 is 2.00 bits per heavy atom. The van der Waals surface area contributed by atoms with Gasteiger partial charge in [0.15, 0.2) is 0 Å². The van der Waals surface area contributed by atoms with Crippen LogP contribution in [0.25, 0.3) is 0 Å². The zero-order valence-corrected chi connectivity index (χ0v) is 12.1. The lowest BCUT2D eigenvalue weighted by Crippen LogP contribution is -1.99. The monoisotopic (exact) mass is 307 g/mol. The standard InChI is InChI=1S/C16H15ClFNO2/c17-15-11-13(9-12-3-1-4-14(18)10-12)5-6-16(15)21-8-2-7-19-20/h1,3-7,10-11,20H,2,8-9H2.